The van der Waals surface area contributed by atoms with Crippen LogP contribution in [0.25, 0.3) is 33.6 Å². The third kappa shape index (κ3) is 3.26. The second kappa shape index (κ2) is 7.67. The molecular weight excluding hydrogens is 468 g/mol. The molecule has 5 aliphatic rings. The Kier molecular flexibility index (Phi) is 4.38. The van der Waals surface area contributed by atoms with Crippen LogP contribution in [0.2, 0.25) is 0 Å². The van der Waals surface area contributed by atoms with E-state index in [9.17, 15) is 0 Å². The highest BCUT2D eigenvalue weighted by Crippen LogP contribution is 2.71. The van der Waals surface area contributed by atoms with Crippen molar-refractivity contribution in [1.29, 1.82) is 0 Å². The number of fused-ring (bicyclic) bond motifs is 1. The Balaban J connectivity index is 0.885. The van der Waals surface area contributed by atoms with Crippen molar-refractivity contribution < 1.29 is 0 Å². The van der Waals surface area contributed by atoms with Gasteiger partial charge in [0.25, 0.3) is 0 Å². The average Bonchev–Trinajstić information content (AvgIpc) is 3.46. The molecule has 9 rings (SSSR count). The lowest BCUT2D eigenvalue weighted by atomic mass is 9.92. The van der Waals surface area contributed by atoms with Gasteiger partial charge < -0.3 is 20.6 Å². The zero-order valence-corrected chi connectivity index (χ0v) is 21.6. The van der Waals surface area contributed by atoms with E-state index in [1.54, 1.807) is 0 Å². The minimum Gasteiger partial charge on any atom is -0.341 e. The van der Waals surface area contributed by atoms with Gasteiger partial charge in [-0.05, 0) is 85.5 Å². The highest BCUT2D eigenvalue weighted by molar-refractivity contribution is 5.71. The van der Waals surface area contributed by atoms with E-state index < -0.39 is 0 Å². The minimum atomic E-state index is 0.360. The number of piperidine rings is 2. The molecule has 0 bridgehead atoms. The molecule has 3 saturated carbocycles. The van der Waals surface area contributed by atoms with Crippen molar-refractivity contribution in [2.45, 2.75) is 74.5 Å². The zero-order chi connectivity index (χ0) is 24.9. The predicted molar refractivity (Wildman–Crippen MR) is 148 cm³/mol. The summed E-state index contributed by atoms with van der Waals surface area (Å²) < 4.78 is 0. The maximum Gasteiger partial charge on any atom is 0.123 e. The number of H-pyrrole nitrogens is 2. The summed E-state index contributed by atoms with van der Waals surface area (Å²) in [5.41, 5.74) is 7.90. The van der Waals surface area contributed by atoms with Crippen LogP contribution in [-0.2, 0) is 0 Å². The number of rotatable bonds is 5. The summed E-state index contributed by atoms with van der Waals surface area (Å²) in [6.45, 7) is 0. The summed E-state index contributed by atoms with van der Waals surface area (Å²) in [4.78, 5) is 16.7. The molecule has 2 aromatic heterocycles. The average molecular weight is 503 g/mol. The van der Waals surface area contributed by atoms with E-state index in [0.29, 0.717) is 23.2 Å². The molecule has 2 saturated heterocycles. The third-order valence-electron chi connectivity index (χ3n) is 10.6. The Morgan fingerprint density at radius 1 is 0.605 bits per heavy atom. The molecular formula is C32H34N6. The molecule has 5 atom stereocenters. The number of aromatic amines is 2. The molecule has 6 nitrogen and oxygen atoms in total. The van der Waals surface area contributed by atoms with E-state index in [-0.39, 0.29) is 0 Å². The molecule has 3 aliphatic carbocycles. The Morgan fingerprint density at radius 2 is 1.21 bits per heavy atom. The lowest BCUT2D eigenvalue weighted by Gasteiger charge is -2.30. The summed E-state index contributed by atoms with van der Waals surface area (Å²) in [7, 11) is 0. The summed E-state index contributed by atoms with van der Waals surface area (Å²) in [6.07, 6.45) is 14.4. The van der Waals surface area contributed by atoms with Crippen molar-refractivity contribution in [3.8, 4) is 33.6 Å². The van der Waals surface area contributed by atoms with Crippen LogP contribution in [0.15, 0.2) is 60.9 Å². The first kappa shape index (κ1) is 21.7. The Morgan fingerprint density at radius 3 is 1.76 bits per heavy atom. The quantitative estimate of drug-likeness (QED) is 0.258. The van der Waals surface area contributed by atoms with Gasteiger partial charge in [-0.1, -0.05) is 48.5 Å². The largest absolute Gasteiger partial charge is 0.341 e. The lowest BCUT2D eigenvalue weighted by molar-refractivity contribution is 0.296. The standard InChI is InChI=1S/C32H34N6/c1-2-25(37-31(12-1)14-15-31)29-33-17-27(35-29)21-7-3-19(4-8-21)20-5-9-22(10-6-20)28-18-34-30(36-28)26-16-24-23-11-13-32(23,24)38-26/h3-10,17-18,23-26,37-38H,1-2,11-16H2,(H,33,35)(H,34,36)/t23?,24?,25-,26-,32+/m0/s1. The van der Waals surface area contributed by atoms with Gasteiger partial charge in [0.1, 0.15) is 11.6 Å². The number of nitrogens with zero attached hydrogens (tertiary/aromatic N) is 2. The minimum absolute atomic E-state index is 0.360. The van der Waals surface area contributed by atoms with E-state index in [2.05, 4.69) is 69.1 Å². The van der Waals surface area contributed by atoms with Gasteiger partial charge in [-0.3, -0.25) is 0 Å². The molecule has 4 heterocycles. The van der Waals surface area contributed by atoms with E-state index >= 15 is 0 Å². The van der Waals surface area contributed by atoms with Crippen molar-refractivity contribution in [2.75, 3.05) is 0 Å². The maximum atomic E-state index is 4.74. The first-order valence-electron chi connectivity index (χ1n) is 14.5. The smallest absolute Gasteiger partial charge is 0.123 e. The van der Waals surface area contributed by atoms with Gasteiger partial charge in [0.2, 0.25) is 0 Å². The molecule has 5 fully saturated rings. The van der Waals surface area contributed by atoms with Crippen LogP contribution < -0.4 is 10.6 Å². The molecule has 2 aromatic carbocycles. The number of hydrogen-bond acceptors (Lipinski definition) is 4. The molecule has 0 amide bonds. The fourth-order valence-electron chi connectivity index (χ4n) is 8.01. The summed E-state index contributed by atoms with van der Waals surface area (Å²) in [5, 5.41) is 7.74. The van der Waals surface area contributed by atoms with Gasteiger partial charge in [0, 0.05) is 11.1 Å². The third-order valence-corrected chi connectivity index (χ3v) is 10.6. The first-order chi connectivity index (χ1) is 18.7. The van der Waals surface area contributed by atoms with Crippen molar-refractivity contribution in [3.05, 3.63) is 72.6 Å². The second-order valence-electron chi connectivity index (χ2n) is 12.6. The molecule has 6 heteroatoms. The Hall–Kier alpha value is -3.22. The van der Waals surface area contributed by atoms with Crippen molar-refractivity contribution >= 4 is 0 Å². The first-order valence-corrected chi connectivity index (χ1v) is 14.5. The Bertz CT molecular complexity index is 1510. The fourth-order valence-corrected chi connectivity index (χ4v) is 8.01. The van der Waals surface area contributed by atoms with Gasteiger partial charge in [0.15, 0.2) is 0 Å². The predicted octanol–water partition coefficient (Wildman–Crippen LogP) is 6.29. The maximum absolute atomic E-state index is 4.74. The van der Waals surface area contributed by atoms with Crippen LogP contribution in [-0.4, -0.2) is 31.0 Å². The summed E-state index contributed by atoms with van der Waals surface area (Å²) in [6, 6.07) is 18.4. The number of imidazole rings is 2. The van der Waals surface area contributed by atoms with Crippen molar-refractivity contribution in [3.63, 3.8) is 0 Å². The SMILES string of the molecule is c1cc(-c2cnc([C@@H]3CCCC4(CC4)N3)[nH]2)ccc1-c1ccc(-c2cnc([C@@H]3CC4C5CC[C@@]54N3)[nH]2)cc1. The second-order valence-corrected chi connectivity index (χ2v) is 12.6. The monoisotopic (exact) mass is 502 g/mol. The number of nitrogens with one attached hydrogen (secondary N) is 4. The van der Waals surface area contributed by atoms with Gasteiger partial charge in [-0.25, -0.2) is 9.97 Å². The molecule has 4 aromatic rings. The van der Waals surface area contributed by atoms with E-state index in [1.807, 2.05) is 12.4 Å². The topological polar surface area (TPSA) is 81.4 Å². The normalized spacial score (nSPS) is 32.0. The number of aromatic nitrogens is 4. The van der Waals surface area contributed by atoms with Gasteiger partial charge >= 0.3 is 0 Å². The molecule has 192 valence electrons. The van der Waals surface area contributed by atoms with Crippen LogP contribution in [0.3, 0.4) is 0 Å². The van der Waals surface area contributed by atoms with Gasteiger partial charge in [-0.15, -0.1) is 0 Å². The number of hydrogen-bond donors (Lipinski definition) is 4. The lowest BCUT2D eigenvalue weighted by Crippen LogP contribution is -2.39. The van der Waals surface area contributed by atoms with Gasteiger partial charge in [0.05, 0.1) is 35.9 Å². The van der Waals surface area contributed by atoms with Gasteiger partial charge in [-0.2, -0.15) is 0 Å². The van der Waals surface area contributed by atoms with Crippen molar-refractivity contribution in [1.82, 2.24) is 30.6 Å². The fraction of sp³-hybridized carbons (Fsp3) is 0.438. The zero-order valence-electron chi connectivity index (χ0n) is 21.6. The molecule has 2 aliphatic heterocycles. The van der Waals surface area contributed by atoms with Crippen LogP contribution in [0.1, 0.15) is 75.1 Å². The summed E-state index contributed by atoms with van der Waals surface area (Å²) in [5.74, 6) is 4.03. The highest BCUT2D eigenvalue weighted by Gasteiger charge is 2.74. The molecule has 4 N–H and O–H groups in total. The van der Waals surface area contributed by atoms with Crippen LogP contribution >= 0.6 is 0 Å². The summed E-state index contributed by atoms with van der Waals surface area (Å²) >= 11 is 0. The molecule has 0 radical (unpaired) electrons. The van der Waals surface area contributed by atoms with E-state index in [4.69, 9.17) is 9.97 Å². The molecule has 2 unspecified atom stereocenters. The van der Waals surface area contributed by atoms with E-state index in [1.165, 1.54) is 73.6 Å². The van der Waals surface area contributed by atoms with Crippen LogP contribution in [0.5, 0.6) is 0 Å². The molecule has 38 heavy (non-hydrogen) atoms. The highest BCUT2D eigenvalue weighted by atomic mass is 15.2. The van der Waals surface area contributed by atoms with Crippen molar-refractivity contribution in [2.24, 2.45) is 11.8 Å². The molecule has 2 spiro atoms. The Labute approximate surface area is 223 Å². The van der Waals surface area contributed by atoms with E-state index in [0.717, 1.165) is 34.9 Å². The number of benzene rings is 2. The van der Waals surface area contributed by atoms with Crippen LogP contribution in [0, 0.1) is 11.8 Å². The van der Waals surface area contributed by atoms with Crippen LogP contribution in [0.4, 0.5) is 0 Å².